The van der Waals surface area contributed by atoms with Crippen molar-refractivity contribution in [3.63, 3.8) is 0 Å². The molecule has 5 heteroatoms. The zero-order chi connectivity index (χ0) is 20.8. The lowest BCUT2D eigenvalue weighted by Gasteiger charge is -2.27. The van der Waals surface area contributed by atoms with Crippen molar-refractivity contribution in [2.45, 2.75) is 45.7 Å². The van der Waals surface area contributed by atoms with Crippen LogP contribution in [0.4, 0.5) is 0 Å². The number of carbonyl (C=O) groups excluding carboxylic acids is 1. The van der Waals surface area contributed by atoms with Crippen molar-refractivity contribution in [1.29, 1.82) is 0 Å². The van der Waals surface area contributed by atoms with E-state index in [9.17, 15) is 4.79 Å². The van der Waals surface area contributed by atoms with Crippen LogP contribution in [0.3, 0.4) is 0 Å². The third-order valence-corrected chi connectivity index (χ3v) is 5.85. The summed E-state index contributed by atoms with van der Waals surface area (Å²) in [5.41, 5.74) is 5.04. The fraction of sp³-hybridized carbons (Fsp3) is 0.360. The number of carbonyl (C=O) groups is 1. The van der Waals surface area contributed by atoms with Crippen molar-refractivity contribution < 1.29 is 4.79 Å². The standard InChI is InChI=1S/C25H30N4O/c1-2-24-23(18-27-29(24)22-13-5-3-6-14-22)25(30)26-17-20-11-7-8-12-21(20)19-28-15-9-4-10-16-28/h3,5-8,11-14,18H,2,4,9-10,15-17,19H2,1H3,(H,26,30). The van der Waals surface area contributed by atoms with Crippen molar-refractivity contribution >= 4 is 5.91 Å². The van der Waals surface area contributed by atoms with E-state index in [-0.39, 0.29) is 5.91 Å². The summed E-state index contributed by atoms with van der Waals surface area (Å²) in [6.45, 7) is 5.88. The van der Waals surface area contributed by atoms with Crippen LogP contribution in [0.1, 0.15) is 53.4 Å². The Balaban J connectivity index is 1.46. The van der Waals surface area contributed by atoms with Gasteiger partial charge in [-0.05, 0) is 55.6 Å². The molecule has 0 unspecified atom stereocenters. The zero-order valence-electron chi connectivity index (χ0n) is 17.7. The van der Waals surface area contributed by atoms with Gasteiger partial charge in [0.05, 0.1) is 23.1 Å². The summed E-state index contributed by atoms with van der Waals surface area (Å²) in [5.74, 6) is -0.0678. The first-order valence-corrected chi connectivity index (χ1v) is 11.0. The number of piperidine rings is 1. The zero-order valence-corrected chi connectivity index (χ0v) is 17.7. The van der Waals surface area contributed by atoms with Crippen LogP contribution in [-0.4, -0.2) is 33.7 Å². The molecular formula is C25H30N4O. The third kappa shape index (κ3) is 4.62. The second-order valence-electron chi connectivity index (χ2n) is 7.89. The van der Waals surface area contributed by atoms with E-state index in [1.165, 1.54) is 43.5 Å². The van der Waals surface area contributed by atoms with E-state index in [2.05, 4.69) is 40.4 Å². The molecule has 0 radical (unpaired) electrons. The fourth-order valence-corrected chi connectivity index (χ4v) is 4.21. The third-order valence-electron chi connectivity index (χ3n) is 5.85. The van der Waals surface area contributed by atoms with Crippen molar-refractivity contribution in [3.05, 3.63) is 83.2 Å². The van der Waals surface area contributed by atoms with Gasteiger partial charge in [-0.15, -0.1) is 0 Å². The lowest BCUT2D eigenvalue weighted by molar-refractivity contribution is 0.0949. The lowest BCUT2D eigenvalue weighted by Crippen LogP contribution is -2.30. The molecule has 1 N–H and O–H groups in total. The van der Waals surface area contributed by atoms with Gasteiger partial charge < -0.3 is 5.32 Å². The summed E-state index contributed by atoms with van der Waals surface area (Å²) < 4.78 is 1.86. The maximum Gasteiger partial charge on any atom is 0.255 e. The van der Waals surface area contributed by atoms with Gasteiger partial charge in [-0.2, -0.15) is 5.10 Å². The first-order chi connectivity index (χ1) is 14.8. The molecule has 156 valence electrons. The van der Waals surface area contributed by atoms with E-state index in [1.807, 2.05) is 41.1 Å². The molecule has 0 atom stereocenters. The number of para-hydroxylation sites is 1. The van der Waals surface area contributed by atoms with Crippen LogP contribution in [0, 0.1) is 0 Å². The van der Waals surface area contributed by atoms with Crippen LogP contribution in [-0.2, 0) is 19.5 Å². The number of hydrogen-bond donors (Lipinski definition) is 1. The summed E-state index contributed by atoms with van der Waals surface area (Å²) in [6, 6.07) is 18.4. The lowest BCUT2D eigenvalue weighted by atomic mass is 10.0. The molecule has 1 saturated heterocycles. The number of likely N-dealkylation sites (tertiary alicyclic amines) is 1. The molecule has 1 aliphatic heterocycles. The quantitative estimate of drug-likeness (QED) is 0.639. The van der Waals surface area contributed by atoms with Gasteiger partial charge in [-0.3, -0.25) is 9.69 Å². The molecule has 1 aromatic heterocycles. The molecule has 3 aromatic rings. The summed E-state index contributed by atoms with van der Waals surface area (Å²) in [5, 5.41) is 7.60. The van der Waals surface area contributed by atoms with Crippen molar-refractivity contribution in [3.8, 4) is 5.69 Å². The Morgan fingerprint density at radius 1 is 0.967 bits per heavy atom. The molecule has 5 nitrogen and oxygen atoms in total. The number of nitrogens with one attached hydrogen (secondary N) is 1. The van der Waals surface area contributed by atoms with Crippen LogP contribution in [0.5, 0.6) is 0 Å². The smallest absolute Gasteiger partial charge is 0.255 e. The van der Waals surface area contributed by atoms with Crippen LogP contribution in [0.15, 0.2) is 60.8 Å². The topological polar surface area (TPSA) is 50.2 Å². The Morgan fingerprint density at radius 2 is 1.67 bits per heavy atom. The summed E-state index contributed by atoms with van der Waals surface area (Å²) in [4.78, 5) is 15.5. The van der Waals surface area contributed by atoms with Gasteiger partial charge in [0.25, 0.3) is 5.91 Å². The van der Waals surface area contributed by atoms with Gasteiger partial charge in [0, 0.05) is 13.1 Å². The highest BCUT2D eigenvalue weighted by molar-refractivity contribution is 5.95. The highest BCUT2D eigenvalue weighted by Gasteiger charge is 2.18. The largest absolute Gasteiger partial charge is 0.348 e. The number of benzene rings is 2. The first-order valence-electron chi connectivity index (χ1n) is 11.0. The normalized spacial score (nSPS) is 14.6. The van der Waals surface area contributed by atoms with Crippen LogP contribution in [0.2, 0.25) is 0 Å². The number of aromatic nitrogens is 2. The summed E-state index contributed by atoms with van der Waals surface area (Å²) in [6.07, 6.45) is 6.32. The Morgan fingerprint density at radius 3 is 2.40 bits per heavy atom. The second-order valence-corrected chi connectivity index (χ2v) is 7.89. The van der Waals surface area contributed by atoms with Gasteiger partial charge in [0.15, 0.2) is 0 Å². The SMILES string of the molecule is CCc1c(C(=O)NCc2ccccc2CN2CCCCC2)cnn1-c1ccccc1. The maximum absolute atomic E-state index is 13.0. The molecule has 0 bridgehead atoms. The molecule has 2 heterocycles. The Bertz CT molecular complexity index is 974. The predicted octanol–water partition coefficient (Wildman–Crippen LogP) is 4.35. The van der Waals surface area contributed by atoms with Crippen LogP contribution < -0.4 is 5.32 Å². The summed E-state index contributed by atoms with van der Waals surface area (Å²) >= 11 is 0. The van der Waals surface area contributed by atoms with Gasteiger partial charge in [-0.1, -0.05) is 55.8 Å². The first kappa shape index (κ1) is 20.4. The molecule has 1 aliphatic rings. The molecule has 0 saturated carbocycles. The van der Waals surface area contributed by atoms with Crippen molar-refractivity contribution in [2.24, 2.45) is 0 Å². The Kier molecular flexibility index (Phi) is 6.60. The minimum atomic E-state index is -0.0678. The molecule has 2 aromatic carbocycles. The number of rotatable bonds is 7. The Labute approximate surface area is 178 Å². The molecule has 0 aliphatic carbocycles. The molecule has 30 heavy (non-hydrogen) atoms. The maximum atomic E-state index is 13.0. The average Bonchev–Trinajstić information content (AvgIpc) is 3.24. The monoisotopic (exact) mass is 402 g/mol. The van der Waals surface area contributed by atoms with Crippen LogP contribution in [0.25, 0.3) is 5.69 Å². The van der Waals surface area contributed by atoms with E-state index in [1.54, 1.807) is 6.20 Å². The number of nitrogens with zero attached hydrogens (tertiary/aromatic N) is 3. The van der Waals surface area contributed by atoms with Crippen molar-refractivity contribution in [2.75, 3.05) is 13.1 Å². The molecule has 1 amide bonds. The predicted molar refractivity (Wildman–Crippen MR) is 120 cm³/mol. The van der Waals surface area contributed by atoms with E-state index in [0.717, 1.165) is 24.3 Å². The van der Waals surface area contributed by atoms with Gasteiger partial charge in [0.1, 0.15) is 0 Å². The van der Waals surface area contributed by atoms with E-state index in [0.29, 0.717) is 12.1 Å². The average molecular weight is 403 g/mol. The fourth-order valence-electron chi connectivity index (χ4n) is 4.21. The highest BCUT2D eigenvalue weighted by atomic mass is 16.1. The minimum absolute atomic E-state index is 0.0678. The molecular weight excluding hydrogens is 372 g/mol. The van der Waals surface area contributed by atoms with E-state index < -0.39 is 0 Å². The minimum Gasteiger partial charge on any atom is -0.348 e. The number of hydrogen-bond acceptors (Lipinski definition) is 3. The van der Waals surface area contributed by atoms with Crippen LogP contribution >= 0.6 is 0 Å². The summed E-state index contributed by atoms with van der Waals surface area (Å²) in [7, 11) is 0. The number of amides is 1. The molecule has 1 fully saturated rings. The molecule has 0 spiro atoms. The van der Waals surface area contributed by atoms with Gasteiger partial charge in [0.2, 0.25) is 0 Å². The van der Waals surface area contributed by atoms with Gasteiger partial charge >= 0.3 is 0 Å². The van der Waals surface area contributed by atoms with Crippen molar-refractivity contribution in [1.82, 2.24) is 20.0 Å². The van der Waals surface area contributed by atoms with E-state index in [4.69, 9.17) is 0 Å². The van der Waals surface area contributed by atoms with Gasteiger partial charge in [-0.25, -0.2) is 4.68 Å². The highest BCUT2D eigenvalue weighted by Crippen LogP contribution is 2.18. The van der Waals surface area contributed by atoms with E-state index >= 15 is 0 Å². The second kappa shape index (κ2) is 9.72. The Hall–Kier alpha value is -2.92. The molecule has 4 rings (SSSR count).